The molecular weight excluding hydrogens is 564 g/mol. The fourth-order valence-electron chi connectivity index (χ4n) is 6.52. The smallest absolute Gasteiger partial charge is 0.326 e. The first-order valence-corrected chi connectivity index (χ1v) is 17.8. The maximum atomic E-state index is 13.5. The number of likely N-dealkylation sites (tertiary alicyclic amines) is 1. The van der Waals surface area contributed by atoms with Crippen molar-refractivity contribution in [2.24, 2.45) is 11.8 Å². The van der Waals surface area contributed by atoms with Crippen LogP contribution in [0.4, 0.5) is 0 Å². The third-order valence-corrected chi connectivity index (χ3v) is 10.1. The molecule has 9 heteroatoms. The van der Waals surface area contributed by atoms with Crippen molar-refractivity contribution in [2.45, 2.75) is 83.8 Å². The van der Waals surface area contributed by atoms with Crippen molar-refractivity contribution < 1.29 is 27.9 Å². The standard InChI is InChI=1S/C34H48N2O6S/c1-4-25-18-28(23-42-22-26-11-6-5-7-12-26)36(20-25)21-27-14-15-30(31(19-27)29-13-9-8-10-24(29)2)33(37)35-32(34(38)39)16-17-43(3,40)41/h8-10,13-15,19,25-26,28,32H,4-7,11-12,16-18,20-23H2,1-3H3,(H,35,37)(H,38,39)/t25-,28+,32-/m0/s1. The molecule has 3 atom stereocenters. The van der Waals surface area contributed by atoms with Crippen molar-refractivity contribution in [1.82, 2.24) is 10.2 Å². The Hall–Kier alpha value is -2.75. The zero-order valence-electron chi connectivity index (χ0n) is 25.9. The normalized spacial score (nSPS) is 20.6. The minimum absolute atomic E-state index is 0.199. The number of hydrogen-bond donors (Lipinski definition) is 2. The highest BCUT2D eigenvalue weighted by molar-refractivity contribution is 7.90. The van der Waals surface area contributed by atoms with Gasteiger partial charge in [0, 0.05) is 37.6 Å². The number of carbonyl (C=O) groups excluding carboxylic acids is 1. The van der Waals surface area contributed by atoms with Crippen molar-refractivity contribution in [3.8, 4) is 11.1 Å². The average molecular weight is 613 g/mol. The van der Waals surface area contributed by atoms with Gasteiger partial charge < -0.3 is 15.2 Å². The Labute approximate surface area is 257 Å². The Morgan fingerprint density at radius 2 is 1.79 bits per heavy atom. The van der Waals surface area contributed by atoms with Crippen LogP contribution in [0.5, 0.6) is 0 Å². The van der Waals surface area contributed by atoms with Gasteiger partial charge in [-0.1, -0.05) is 62.9 Å². The van der Waals surface area contributed by atoms with Crippen molar-refractivity contribution in [3.05, 3.63) is 59.2 Å². The van der Waals surface area contributed by atoms with Crippen molar-refractivity contribution in [1.29, 1.82) is 0 Å². The Morgan fingerprint density at radius 3 is 2.47 bits per heavy atom. The van der Waals surface area contributed by atoms with Gasteiger partial charge in [0.05, 0.1) is 12.4 Å². The van der Waals surface area contributed by atoms with E-state index in [0.717, 1.165) is 67.7 Å². The molecule has 0 radical (unpaired) electrons. The molecule has 1 aliphatic carbocycles. The number of sulfone groups is 1. The lowest BCUT2D eigenvalue weighted by Crippen LogP contribution is -2.42. The molecule has 0 bridgehead atoms. The molecule has 0 unspecified atom stereocenters. The molecule has 0 aromatic heterocycles. The molecule has 2 aliphatic rings. The van der Waals surface area contributed by atoms with Crippen LogP contribution in [0.3, 0.4) is 0 Å². The molecule has 43 heavy (non-hydrogen) atoms. The molecule has 2 aromatic rings. The van der Waals surface area contributed by atoms with E-state index >= 15 is 0 Å². The number of hydrogen-bond acceptors (Lipinski definition) is 6. The summed E-state index contributed by atoms with van der Waals surface area (Å²) in [5.74, 6) is -0.806. The number of nitrogens with zero attached hydrogens (tertiary/aromatic N) is 1. The van der Waals surface area contributed by atoms with Crippen LogP contribution >= 0.6 is 0 Å². The maximum absolute atomic E-state index is 13.5. The highest BCUT2D eigenvalue weighted by Crippen LogP contribution is 2.32. The monoisotopic (exact) mass is 612 g/mol. The summed E-state index contributed by atoms with van der Waals surface area (Å²) in [6, 6.07) is 12.6. The van der Waals surface area contributed by atoms with Crippen LogP contribution in [0.1, 0.15) is 79.8 Å². The number of benzene rings is 2. The first-order chi connectivity index (χ1) is 20.5. The zero-order chi connectivity index (χ0) is 31.0. The first kappa shape index (κ1) is 33.1. The predicted molar refractivity (Wildman–Crippen MR) is 170 cm³/mol. The number of amides is 1. The highest BCUT2D eigenvalue weighted by atomic mass is 32.2. The van der Waals surface area contributed by atoms with Crippen LogP contribution in [0.15, 0.2) is 42.5 Å². The van der Waals surface area contributed by atoms with E-state index in [1.165, 1.54) is 32.1 Å². The molecule has 2 fully saturated rings. The molecule has 1 amide bonds. The fraction of sp³-hybridized carbons (Fsp3) is 0.588. The van der Waals surface area contributed by atoms with E-state index in [1.807, 2.05) is 43.3 Å². The Kier molecular flexibility index (Phi) is 11.8. The molecule has 2 N–H and O–H groups in total. The number of aryl methyl sites for hydroxylation is 1. The molecule has 1 heterocycles. The number of nitrogens with one attached hydrogen (secondary N) is 1. The van der Waals surface area contributed by atoms with Gasteiger partial charge in [0.2, 0.25) is 0 Å². The van der Waals surface area contributed by atoms with Gasteiger partial charge in [-0.25, -0.2) is 13.2 Å². The van der Waals surface area contributed by atoms with E-state index in [-0.39, 0.29) is 12.2 Å². The summed E-state index contributed by atoms with van der Waals surface area (Å²) in [5.41, 5.74) is 4.08. The second-order valence-corrected chi connectivity index (χ2v) is 14.9. The van der Waals surface area contributed by atoms with Crippen molar-refractivity contribution in [2.75, 3.05) is 31.8 Å². The minimum atomic E-state index is -3.38. The molecule has 4 rings (SSSR count). The Balaban J connectivity index is 1.54. The van der Waals surface area contributed by atoms with Gasteiger partial charge in [0.15, 0.2) is 0 Å². The van der Waals surface area contributed by atoms with Crippen LogP contribution in [0.25, 0.3) is 11.1 Å². The molecule has 1 aliphatic heterocycles. The zero-order valence-corrected chi connectivity index (χ0v) is 26.7. The molecule has 2 aromatic carbocycles. The highest BCUT2D eigenvalue weighted by Gasteiger charge is 2.32. The summed E-state index contributed by atoms with van der Waals surface area (Å²) in [4.78, 5) is 27.8. The lowest BCUT2D eigenvalue weighted by molar-refractivity contribution is -0.139. The first-order valence-electron chi connectivity index (χ1n) is 15.8. The van der Waals surface area contributed by atoms with Crippen LogP contribution in [-0.2, 0) is 25.9 Å². The van der Waals surface area contributed by atoms with E-state index in [1.54, 1.807) is 6.07 Å². The average Bonchev–Trinajstić information content (AvgIpc) is 3.36. The number of ether oxygens (including phenoxy) is 1. The van der Waals surface area contributed by atoms with Crippen molar-refractivity contribution in [3.63, 3.8) is 0 Å². The van der Waals surface area contributed by atoms with Crippen LogP contribution in [0.2, 0.25) is 0 Å². The fourth-order valence-corrected chi connectivity index (χ4v) is 7.19. The van der Waals surface area contributed by atoms with Crippen LogP contribution in [0, 0.1) is 18.8 Å². The Bertz CT molecular complexity index is 1350. The Morgan fingerprint density at radius 1 is 1.05 bits per heavy atom. The van der Waals surface area contributed by atoms with Gasteiger partial charge in [-0.05, 0) is 78.8 Å². The van der Waals surface area contributed by atoms with Gasteiger partial charge in [-0.15, -0.1) is 0 Å². The van der Waals surface area contributed by atoms with E-state index in [2.05, 4.69) is 17.1 Å². The number of aliphatic carboxylic acids is 1. The summed E-state index contributed by atoms with van der Waals surface area (Å²) in [7, 11) is -3.38. The van der Waals surface area contributed by atoms with Gasteiger partial charge in [-0.2, -0.15) is 0 Å². The molecular formula is C34H48N2O6S. The molecule has 8 nitrogen and oxygen atoms in total. The maximum Gasteiger partial charge on any atom is 0.326 e. The number of carbonyl (C=O) groups is 2. The summed E-state index contributed by atoms with van der Waals surface area (Å²) in [6.45, 7) is 7.57. The minimum Gasteiger partial charge on any atom is -0.480 e. The van der Waals surface area contributed by atoms with E-state index < -0.39 is 27.8 Å². The number of carboxylic acids is 1. The van der Waals surface area contributed by atoms with E-state index in [0.29, 0.717) is 23.4 Å². The largest absolute Gasteiger partial charge is 0.480 e. The van der Waals surface area contributed by atoms with Gasteiger partial charge in [0.25, 0.3) is 5.91 Å². The predicted octanol–water partition coefficient (Wildman–Crippen LogP) is 5.48. The molecule has 0 spiro atoms. The third-order valence-electron chi connectivity index (χ3n) is 9.11. The van der Waals surface area contributed by atoms with E-state index in [9.17, 15) is 23.1 Å². The second kappa shape index (κ2) is 15.3. The quantitative estimate of drug-likeness (QED) is 0.291. The summed E-state index contributed by atoms with van der Waals surface area (Å²) < 4.78 is 29.6. The number of carboxylic acid groups (broad SMARTS) is 1. The lowest BCUT2D eigenvalue weighted by Gasteiger charge is -2.27. The lowest BCUT2D eigenvalue weighted by atomic mass is 9.90. The van der Waals surface area contributed by atoms with Crippen LogP contribution in [-0.4, -0.2) is 74.2 Å². The van der Waals surface area contributed by atoms with Gasteiger partial charge >= 0.3 is 5.97 Å². The van der Waals surface area contributed by atoms with E-state index in [4.69, 9.17) is 4.74 Å². The SMILES string of the molecule is CC[C@H]1C[C@H](COCC2CCCCC2)N(Cc2ccc(C(=O)N[C@@H](CCS(C)(=O)=O)C(=O)O)c(-c3ccccc3C)c2)C1. The second-order valence-electron chi connectivity index (χ2n) is 12.6. The number of rotatable bonds is 14. The molecule has 1 saturated carbocycles. The molecule has 236 valence electrons. The van der Waals surface area contributed by atoms with Gasteiger partial charge in [-0.3, -0.25) is 9.69 Å². The van der Waals surface area contributed by atoms with Crippen molar-refractivity contribution >= 4 is 21.7 Å². The van der Waals surface area contributed by atoms with Gasteiger partial charge in [0.1, 0.15) is 15.9 Å². The van der Waals surface area contributed by atoms with Crippen LogP contribution < -0.4 is 5.32 Å². The molecule has 1 saturated heterocycles. The topological polar surface area (TPSA) is 113 Å². The summed E-state index contributed by atoms with van der Waals surface area (Å²) in [5, 5.41) is 12.2. The third kappa shape index (κ3) is 9.62. The summed E-state index contributed by atoms with van der Waals surface area (Å²) in [6.07, 6.45) is 9.64. The summed E-state index contributed by atoms with van der Waals surface area (Å²) >= 11 is 0.